The van der Waals surface area contributed by atoms with Crippen LogP contribution in [0.3, 0.4) is 0 Å². The van der Waals surface area contributed by atoms with E-state index in [1.165, 1.54) is 6.92 Å². The van der Waals surface area contributed by atoms with Crippen molar-refractivity contribution in [3.63, 3.8) is 0 Å². The molecule has 0 aliphatic carbocycles. The summed E-state index contributed by atoms with van der Waals surface area (Å²) in [4.78, 5) is 63.9. The van der Waals surface area contributed by atoms with E-state index in [1.54, 1.807) is 20.8 Å². The largest absolute Gasteiger partial charge is 0.480 e. The van der Waals surface area contributed by atoms with E-state index in [-0.39, 0.29) is 17.8 Å². The average Bonchev–Trinajstić information content (AvgIpc) is 2.84. The summed E-state index contributed by atoms with van der Waals surface area (Å²) in [7, 11) is 0. The molecule has 226 valence electrons. The van der Waals surface area contributed by atoms with E-state index < -0.39 is 71.3 Å². The highest BCUT2D eigenvalue weighted by Gasteiger charge is 2.37. The molecule has 12 nitrogen and oxygen atoms in total. The Bertz CT molecular complexity index is 856. The number of rotatable bonds is 15. The number of carbonyl (C=O) groups excluding carboxylic acids is 4. The molecule has 0 aliphatic rings. The monoisotopic (exact) mass is 557 g/mol. The van der Waals surface area contributed by atoms with Gasteiger partial charge in [0, 0.05) is 0 Å². The molecular formula is C27H51N5O7. The van der Waals surface area contributed by atoms with Crippen LogP contribution in [0, 0.1) is 23.2 Å². The molecule has 0 saturated heterocycles. The summed E-state index contributed by atoms with van der Waals surface area (Å²) in [6.45, 7) is 17.4. The fraction of sp³-hybridized carbons (Fsp3) is 0.815. The number of carboxylic acid groups (broad SMARTS) is 1. The number of aliphatic carboxylic acids is 1. The summed E-state index contributed by atoms with van der Waals surface area (Å²) in [5.41, 5.74) is 5.55. The van der Waals surface area contributed by atoms with Gasteiger partial charge in [-0.3, -0.25) is 19.2 Å². The number of amides is 4. The SMILES string of the molecule is CC[C@H](C)[C@H](NC(=O)[C@@H](NC(=O)[C@@H](NC(=O)[C@@H](N)C(C)(C)C)[C@@H](C)CC)C(C)C)C(=O)N[C@H](C(=O)O)[C@@H](C)O. The number of aliphatic hydroxyl groups is 1. The van der Waals surface area contributed by atoms with Gasteiger partial charge in [0.1, 0.15) is 18.1 Å². The molecule has 0 heterocycles. The van der Waals surface area contributed by atoms with E-state index >= 15 is 0 Å². The topological polar surface area (TPSA) is 200 Å². The molecule has 0 rings (SSSR count). The first kappa shape index (κ1) is 36.3. The first-order valence-electron chi connectivity index (χ1n) is 13.7. The van der Waals surface area contributed by atoms with Crippen LogP contribution in [0.4, 0.5) is 0 Å². The van der Waals surface area contributed by atoms with Crippen molar-refractivity contribution in [3.8, 4) is 0 Å². The summed E-state index contributed by atoms with van der Waals surface area (Å²) in [6, 6.07) is -5.52. The van der Waals surface area contributed by atoms with Gasteiger partial charge in [0.25, 0.3) is 0 Å². The number of carbonyl (C=O) groups is 5. The number of aliphatic hydroxyl groups excluding tert-OH is 1. The minimum atomic E-state index is -1.55. The highest BCUT2D eigenvalue weighted by molar-refractivity contribution is 5.95. The molecule has 8 N–H and O–H groups in total. The Kier molecular flexibility index (Phi) is 14.7. The van der Waals surface area contributed by atoms with Gasteiger partial charge < -0.3 is 37.2 Å². The Morgan fingerprint density at radius 2 is 1.00 bits per heavy atom. The first-order valence-corrected chi connectivity index (χ1v) is 13.7. The van der Waals surface area contributed by atoms with Crippen molar-refractivity contribution in [1.82, 2.24) is 21.3 Å². The van der Waals surface area contributed by atoms with Gasteiger partial charge in [-0.25, -0.2) is 4.79 Å². The molecular weight excluding hydrogens is 506 g/mol. The van der Waals surface area contributed by atoms with Crippen LogP contribution in [-0.2, 0) is 24.0 Å². The molecule has 4 amide bonds. The van der Waals surface area contributed by atoms with Crippen LogP contribution in [0.25, 0.3) is 0 Å². The lowest BCUT2D eigenvalue weighted by molar-refractivity contribution is -0.145. The third-order valence-electron chi connectivity index (χ3n) is 7.10. The maximum absolute atomic E-state index is 13.4. The van der Waals surface area contributed by atoms with Crippen molar-refractivity contribution in [2.75, 3.05) is 0 Å². The molecule has 0 spiro atoms. The normalized spacial score (nSPS) is 18.0. The molecule has 0 aliphatic heterocycles. The molecule has 0 fully saturated rings. The Balaban J connectivity index is 5.90. The highest BCUT2D eigenvalue weighted by Crippen LogP contribution is 2.19. The summed E-state index contributed by atoms with van der Waals surface area (Å²) < 4.78 is 0. The zero-order chi connectivity index (χ0) is 30.8. The molecule has 0 radical (unpaired) electrons. The minimum Gasteiger partial charge on any atom is -0.480 e. The lowest BCUT2D eigenvalue weighted by Gasteiger charge is -2.32. The van der Waals surface area contributed by atoms with E-state index in [0.29, 0.717) is 12.8 Å². The number of nitrogens with two attached hydrogens (primary N) is 1. The van der Waals surface area contributed by atoms with Crippen molar-refractivity contribution in [1.29, 1.82) is 0 Å². The molecule has 0 aromatic rings. The van der Waals surface area contributed by atoms with E-state index in [4.69, 9.17) is 5.73 Å². The van der Waals surface area contributed by atoms with Gasteiger partial charge in [-0.1, -0.05) is 75.2 Å². The lowest BCUT2D eigenvalue weighted by atomic mass is 9.86. The van der Waals surface area contributed by atoms with Gasteiger partial charge >= 0.3 is 5.97 Å². The van der Waals surface area contributed by atoms with E-state index in [0.717, 1.165) is 0 Å². The highest BCUT2D eigenvalue weighted by atomic mass is 16.4. The average molecular weight is 558 g/mol. The summed E-state index contributed by atoms with van der Waals surface area (Å²) >= 11 is 0. The van der Waals surface area contributed by atoms with Crippen molar-refractivity contribution in [2.45, 2.75) is 118 Å². The van der Waals surface area contributed by atoms with Crippen molar-refractivity contribution in [2.24, 2.45) is 28.9 Å². The van der Waals surface area contributed by atoms with E-state index in [9.17, 15) is 34.2 Å². The summed E-state index contributed by atoms with van der Waals surface area (Å²) in [5, 5.41) is 29.5. The molecule has 0 unspecified atom stereocenters. The molecule has 0 aromatic carbocycles. The Morgan fingerprint density at radius 1 is 0.667 bits per heavy atom. The Labute approximate surface area is 232 Å². The predicted molar refractivity (Wildman–Crippen MR) is 148 cm³/mol. The zero-order valence-corrected chi connectivity index (χ0v) is 25.1. The third-order valence-corrected chi connectivity index (χ3v) is 7.10. The fourth-order valence-electron chi connectivity index (χ4n) is 3.69. The van der Waals surface area contributed by atoms with Crippen LogP contribution in [0.1, 0.15) is 82.1 Å². The van der Waals surface area contributed by atoms with Crippen LogP contribution in [0.2, 0.25) is 0 Å². The van der Waals surface area contributed by atoms with E-state index in [2.05, 4.69) is 21.3 Å². The fourth-order valence-corrected chi connectivity index (χ4v) is 3.69. The number of hydrogen-bond donors (Lipinski definition) is 7. The van der Waals surface area contributed by atoms with Gasteiger partial charge in [-0.2, -0.15) is 0 Å². The van der Waals surface area contributed by atoms with Crippen LogP contribution < -0.4 is 27.0 Å². The number of carboxylic acids is 1. The third kappa shape index (κ3) is 11.1. The predicted octanol–water partition coefficient (Wildman–Crippen LogP) is 0.513. The minimum absolute atomic E-state index is 0.260. The molecule has 0 aromatic heterocycles. The molecule has 0 saturated carbocycles. The quantitative estimate of drug-likeness (QED) is 0.151. The molecule has 12 heteroatoms. The van der Waals surface area contributed by atoms with Crippen molar-refractivity contribution in [3.05, 3.63) is 0 Å². The number of hydrogen-bond acceptors (Lipinski definition) is 7. The molecule has 8 atom stereocenters. The smallest absolute Gasteiger partial charge is 0.328 e. The summed E-state index contributed by atoms with van der Waals surface area (Å²) in [5.74, 6) is -4.88. The second-order valence-electron chi connectivity index (χ2n) is 11.9. The number of nitrogens with one attached hydrogen (secondary N) is 4. The molecule has 39 heavy (non-hydrogen) atoms. The van der Waals surface area contributed by atoms with Gasteiger partial charge in [-0.05, 0) is 30.1 Å². The maximum atomic E-state index is 13.4. The maximum Gasteiger partial charge on any atom is 0.328 e. The first-order chi connectivity index (χ1) is 17.8. The van der Waals surface area contributed by atoms with Crippen LogP contribution >= 0.6 is 0 Å². The van der Waals surface area contributed by atoms with Gasteiger partial charge in [0.2, 0.25) is 23.6 Å². The van der Waals surface area contributed by atoms with Crippen molar-refractivity contribution >= 4 is 29.6 Å². The van der Waals surface area contributed by atoms with Crippen LogP contribution in [0.5, 0.6) is 0 Å². The van der Waals surface area contributed by atoms with Gasteiger partial charge in [0.15, 0.2) is 6.04 Å². The Hall–Kier alpha value is -2.73. The lowest BCUT2D eigenvalue weighted by Crippen LogP contribution is -2.62. The van der Waals surface area contributed by atoms with Crippen LogP contribution in [-0.4, -0.2) is 76.1 Å². The van der Waals surface area contributed by atoms with Crippen molar-refractivity contribution < 1.29 is 34.2 Å². The molecule has 0 bridgehead atoms. The Morgan fingerprint density at radius 3 is 1.31 bits per heavy atom. The standard InChI is InChI=1S/C27H51N5O7/c1-11-14(5)18(24(36)32-20(16(7)33)26(38)39)30-22(34)17(13(3)4)29-23(35)19(15(6)12-2)31-25(37)21(28)27(8,9)10/h13-21,33H,11-12,28H2,1-10H3,(H,29,35)(H,30,34)(H,31,37)(H,32,36)(H,38,39)/t14-,15-,16+,17-,18-,19-,20-,21+/m0/s1. The van der Waals surface area contributed by atoms with Crippen LogP contribution in [0.15, 0.2) is 0 Å². The second-order valence-corrected chi connectivity index (χ2v) is 11.9. The zero-order valence-electron chi connectivity index (χ0n) is 25.1. The summed E-state index contributed by atoms with van der Waals surface area (Å²) in [6.07, 6.45) is -0.299. The van der Waals surface area contributed by atoms with E-state index in [1.807, 2.05) is 41.5 Å². The second kappa shape index (κ2) is 15.8. The van der Waals surface area contributed by atoms with Gasteiger partial charge in [-0.15, -0.1) is 0 Å². The van der Waals surface area contributed by atoms with Gasteiger partial charge in [0.05, 0.1) is 12.1 Å².